The zero-order valence-corrected chi connectivity index (χ0v) is 18.6. The first kappa shape index (κ1) is 21.6. The van der Waals surface area contributed by atoms with Gasteiger partial charge in [0.05, 0.1) is 12.1 Å². The van der Waals surface area contributed by atoms with Gasteiger partial charge in [0, 0.05) is 35.2 Å². The van der Waals surface area contributed by atoms with Crippen LogP contribution in [0.1, 0.15) is 22.3 Å². The summed E-state index contributed by atoms with van der Waals surface area (Å²) in [5, 5.41) is 4.32. The molecule has 0 aliphatic rings. The maximum absolute atomic E-state index is 13.1. The largest absolute Gasteiger partial charge is 0.322 e. The van der Waals surface area contributed by atoms with Crippen molar-refractivity contribution in [1.29, 1.82) is 0 Å². The van der Waals surface area contributed by atoms with Crippen LogP contribution >= 0.6 is 11.6 Å². The first-order valence-electron chi connectivity index (χ1n) is 10.2. The number of hydrogen-bond donors (Lipinski definition) is 2. The fourth-order valence-corrected chi connectivity index (χ4v) is 3.76. The maximum Gasteiger partial charge on any atom is 0.322 e. The number of aromatic amines is 1. The molecule has 2 aromatic heterocycles. The number of pyridine rings is 2. The molecule has 2 amide bonds. The minimum atomic E-state index is -0.337. The topological polar surface area (TPSA) is 78.1 Å². The normalized spacial score (nSPS) is 10.8. The van der Waals surface area contributed by atoms with Gasteiger partial charge in [-0.1, -0.05) is 35.9 Å². The molecular formula is C25H23ClN4O2. The van der Waals surface area contributed by atoms with Gasteiger partial charge in [-0.25, -0.2) is 4.79 Å². The summed E-state index contributed by atoms with van der Waals surface area (Å²) in [7, 11) is 0. The fourth-order valence-electron chi connectivity index (χ4n) is 3.57. The van der Waals surface area contributed by atoms with Crippen molar-refractivity contribution in [3.8, 4) is 0 Å². The van der Waals surface area contributed by atoms with E-state index in [9.17, 15) is 9.59 Å². The molecule has 0 fully saturated rings. The summed E-state index contributed by atoms with van der Waals surface area (Å²) in [6.45, 7) is 4.43. The number of nitrogens with one attached hydrogen (secondary N) is 2. The van der Waals surface area contributed by atoms with Crippen molar-refractivity contribution in [2.24, 2.45) is 0 Å². The van der Waals surface area contributed by atoms with Crippen molar-refractivity contribution in [2.45, 2.75) is 26.9 Å². The lowest BCUT2D eigenvalue weighted by atomic mass is 10.0. The molecule has 0 saturated heterocycles. The number of aryl methyl sites for hydroxylation is 2. The van der Waals surface area contributed by atoms with Gasteiger partial charge in [-0.2, -0.15) is 0 Å². The lowest BCUT2D eigenvalue weighted by molar-refractivity contribution is 0.206. The number of urea groups is 1. The van der Waals surface area contributed by atoms with Gasteiger partial charge < -0.3 is 15.2 Å². The Kier molecular flexibility index (Phi) is 6.23. The van der Waals surface area contributed by atoms with E-state index in [1.165, 1.54) is 0 Å². The van der Waals surface area contributed by atoms with Crippen LogP contribution in [0.3, 0.4) is 0 Å². The second-order valence-corrected chi connectivity index (χ2v) is 8.19. The van der Waals surface area contributed by atoms with Crippen LogP contribution < -0.4 is 10.9 Å². The monoisotopic (exact) mass is 446 g/mol. The first-order chi connectivity index (χ1) is 15.4. The quantitative estimate of drug-likeness (QED) is 0.429. The zero-order chi connectivity index (χ0) is 22.7. The third-order valence-corrected chi connectivity index (χ3v) is 5.68. The molecule has 0 saturated carbocycles. The Labute approximate surface area is 190 Å². The van der Waals surface area contributed by atoms with Crippen molar-refractivity contribution in [3.63, 3.8) is 0 Å². The van der Waals surface area contributed by atoms with Gasteiger partial charge in [0.2, 0.25) is 0 Å². The molecule has 4 aromatic rings. The number of fused-ring (bicyclic) bond motifs is 1. The van der Waals surface area contributed by atoms with E-state index in [-0.39, 0.29) is 18.1 Å². The number of carbonyl (C=O) groups is 1. The Morgan fingerprint density at radius 3 is 2.69 bits per heavy atom. The van der Waals surface area contributed by atoms with E-state index >= 15 is 0 Å². The molecule has 0 atom stereocenters. The number of halogens is 1. The Balaban J connectivity index is 1.67. The number of carbonyl (C=O) groups excluding carboxylic acids is 1. The van der Waals surface area contributed by atoms with Gasteiger partial charge >= 0.3 is 6.03 Å². The lowest BCUT2D eigenvalue weighted by Gasteiger charge is -2.23. The molecule has 2 aromatic carbocycles. The highest BCUT2D eigenvalue weighted by Gasteiger charge is 2.18. The van der Waals surface area contributed by atoms with Crippen LogP contribution in [-0.2, 0) is 13.1 Å². The van der Waals surface area contributed by atoms with Crippen LogP contribution in [-0.4, -0.2) is 20.9 Å². The second-order valence-electron chi connectivity index (χ2n) is 7.75. The van der Waals surface area contributed by atoms with E-state index in [4.69, 9.17) is 11.6 Å². The molecule has 2 heterocycles. The Morgan fingerprint density at radius 2 is 1.94 bits per heavy atom. The Morgan fingerprint density at radius 1 is 1.09 bits per heavy atom. The zero-order valence-electron chi connectivity index (χ0n) is 17.9. The van der Waals surface area contributed by atoms with Crippen LogP contribution in [0.25, 0.3) is 10.9 Å². The van der Waals surface area contributed by atoms with Crippen molar-refractivity contribution in [3.05, 3.63) is 105 Å². The molecular weight excluding hydrogens is 424 g/mol. The molecule has 0 aliphatic carbocycles. The smallest absolute Gasteiger partial charge is 0.321 e. The summed E-state index contributed by atoms with van der Waals surface area (Å²) >= 11 is 6.05. The summed E-state index contributed by atoms with van der Waals surface area (Å²) in [6.07, 6.45) is 3.38. The molecule has 0 bridgehead atoms. The van der Waals surface area contributed by atoms with Crippen LogP contribution in [0.5, 0.6) is 0 Å². The van der Waals surface area contributed by atoms with E-state index in [1.54, 1.807) is 41.6 Å². The van der Waals surface area contributed by atoms with Gasteiger partial charge in [0.1, 0.15) is 0 Å². The molecule has 4 rings (SSSR count). The number of rotatable bonds is 5. The second kappa shape index (κ2) is 9.24. The van der Waals surface area contributed by atoms with E-state index < -0.39 is 0 Å². The van der Waals surface area contributed by atoms with E-state index in [2.05, 4.69) is 15.3 Å². The summed E-state index contributed by atoms with van der Waals surface area (Å²) in [5.74, 6) is 0. The van der Waals surface area contributed by atoms with Gasteiger partial charge in [0.25, 0.3) is 5.56 Å². The van der Waals surface area contributed by atoms with Crippen LogP contribution in [0, 0.1) is 13.8 Å². The van der Waals surface area contributed by atoms with E-state index in [0.29, 0.717) is 22.8 Å². The number of aromatic nitrogens is 2. The van der Waals surface area contributed by atoms with Gasteiger partial charge in [-0.15, -0.1) is 0 Å². The minimum absolute atomic E-state index is 0.138. The maximum atomic E-state index is 13.1. The van der Waals surface area contributed by atoms with Gasteiger partial charge in [-0.3, -0.25) is 9.78 Å². The summed E-state index contributed by atoms with van der Waals surface area (Å²) in [6, 6.07) is 16.2. The molecule has 0 radical (unpaired) electrons. The van der Waals surface area contributed by atoms with Crippen molar-refractivity contribution in [2.75, 3.05) is 5.32 Å². The minimum Gasteiger partial charge on any atom is -0.321 e. The summed E-state index contributed by atoms with van der Waals surface area (Å²) < 4.78 is 0. The highest BCUT2D eigenvalue weighted by atomic mass is 35.5. The Hall–Kier alpha value is -3.64. The number of amides is 2. The van der Waals surface area contributed by atoms with E-state index in [0.717, 1.165) is 27.6 Å². The highest BCUT2D eigenvalue weighted by Crippen LogP contribution is 2.20. The average Bonchev–Trinajstić information content (AvgIpc) is 2.77. The SMILES string of the molecule is Cc1ccc2cc(CN(Cc3cccnc3)C(=O)Nc3cccc(Cl)c3)c(=O)[nH]c2c1C. The third kappa shape index (κ3) is 4.81. The predicted molar refractivity (Wildman–Crippen MR) is 128 cm³/mol. The molecule has 2 N–H and O–H groups in total. The molecule has 0 aliphatic heterocycles. The van der Waals surface area contributed by atoms with Crippen molar-refractivity contribution >= 4 is 34.2 Å². The molecule has 32 heavy (non-hydrogen) atoms. The summed E-state index contributed by atoms with van der Waals surface area (Å²) in [4.78, 5) is 34.7. The first-order valence-corrected chi connectivity index (χ1v) is 10.6. The molecule has 162 valence electrons. The highest BCUT2D eigenvalue weighted by molar-refractivity contribution is 6.30. The summed E-state index contributed by atoms with van der Waals surface area (Å²) in [5.41, 5.74) is 4.71. The van der Waals surface area contributed by atoms with Crippen LogP contribution in [0.4, 0.5) is 10.5 Å². The van der Waals surface area contributed by atoms with Crippen LogP contribution in [0.15, 0.2) is 71.8 Å². The van der Waals surface area contributed by atoms with Gasteiger partial charge in [0.15, 0.2) is 0 Å². The molecule has 6 nitrogen and oxygen atoms in total. The third-order valence-electron chi connectivity index (χ3n) is 5.45. The standard InChI is InChI=1S/C25H23ClN4O2/c1-16-8-9-19-11-20(24(31)29-23(19)17(16)2)15-30(14-18-5-4-10-27-13-18)25(32)28-22-7-3-6-21(26)12-22/h3-13H,14-15H2,1-2H3,(H,28,32)(H,29,31). The fraction of sp³-hybridized carbons (Fsp3) is 0.160. The average molecular weight is 447 g/mol. The molecule has 7 heteroatoms. The van der Waals surface area contributed by atoms with Crippen LogP contribution in [0.2, 0.25) is 5.02 Å². The number of benzene rings is 2. The Bertz CT molecular complexity index is 1340. The van der Waals surface area contributed by atoms with Crippen molar-refractivity contribution < 1.29 is 4.79 Å². The van der Waals surface area contributed by atoms with Crippen molar-refractivity contribution in [1.82, 2.24) is 14.9 Å². The predicted octanol–water partition coefficient (Wildman–Crippen LogP) is 5.43. The number of hydrogen-bond acceptors (Lipinski definition) is 3. The molecule has 0 unspecified atom stereocenters. The number of H-pyrrole nitrogens is 1. The lowest BCUT2D eigenvalue weighted by Crippen LogP contribution is -2.35. The van der Waals surface area contributed by atoms with Gasteiger partial charge in [-0.05, 0) is 66.3 Å². The molecule has 0 spiro atoms. The number of anilines is 1. The number of nitrogens with zero attached hydrogens (tertiary/aromatic N) is 2. The van der Waals surface area contributed by atoms with E-state index in [1.807, 2.05) is 44.2 Å².